The summed E-state index contributed by atoms with van der Waals surface area (Å²) >= 11 is 0. The third kappa shape index (κ3) is 3.63. The Morgan fingerprint density at radius 3 is 2.04 bits per heavy atom. The third-order valence-electron chi connectivity index (χ3n) is 3.48. The molecule has 1 unspecified atom stereocenters. The monoisotopic (exact) mass is 400 g/mol. The topological polar surface area (TPSA) is 105 Å². The Kier molecular flexibility index (Phi) is 4.77. The summed E-state index contributed by atoms with van der Waals surface area (Å²) in [5.74, 6) is -3.37. The number of aromatic nitrogens is 2. The van der Waals surface area contributed by atoms with Crippen LogP contribution in [0.25, 0.3) is 5.69 Å². The maximum absolute atomic E-state index is 13.1. The average Bonchev–Trinajstić information content (AvgIpc) is 2.79. The molecule has 2 rings (SSSR count). The number of rotatable bonds is 4. The first-order chi connectivity index (χ1) is 12.2. The van der Waals surface area contributed by atoms with Crippen molar-refractivity contribution >= 4 is 5.97 Å². The highest BCUT2D eigenvalue weighted by Gasteiger charge is 2.64. The fraction of sp³-hybridized carbons (Fsp3) is 0.286. The summed E-state index contributed by atoms with van der Waals surface area (Å²) < 4.78 is 79.8. The number of nitrogens with one attached hydrogen (secondary N) is 1. The predicted molar refractivity (Wildman–Crippen MR) is 75.4 cm³/mol. The summed E-state index contributed by atoms with van der Waals surface area (Å²) in [4.78, 5) is 23.3. The van der Waals surface area contributed by atoms with Crippen LogP contribution in [0.15, 0.2) is 29.1 Å². The second-order valence-corrected chi connectivity index (χ2v) is 5.31. The summed E-state index contributed by atoms with van der Waals surface area (Å²) in [7, 11) is 0. The van der Waals surface area contributed by atoms with Gasteiger partial charge in [-0.2, -0.15) is 13.2 Å². The zero-order valence-corrected chi connectivity index (χ0v) is 13.1. The Hall–Kier alpha value is -2.96. The molecule has 1 aromatic heterocycles. The normalized spacial score (nSPS) is 14.7. The van der Waals surface area contributed by atoms with E-state index >= 15 is 0 Å². The highest BCUT2D eigenvalue weighted by molar-refractivity contribution is 5.80. The number of carbonyl (C=O) groups is 1. The van der Waals surface area contributed by atoms with Gasteiger partial charge in [0.15, 0.2) is 0 Å². The summed E-state index contributed by atoms with van der Waals surface area (Å²) in [6, 6.07) is 3.40. The van der Waals surface area contributed by atoms with E-state index in [2.05, 4.69) is 9.84 Å². The first kappa shape index (κ1) is 20.4. The molecule has 13 heteroatoms. The van der Waals surface area contributed by atoms with E-state index in [0.717, 1.165) is 31.2 Å². The van der Waals surface area contributed by atoms with Crippen LogP contribution < -0.4 is 10.3 Å². The summed E-state index contributed by atoms with van der Waals surface area (Å²) in [5.41, 5.74) is -8.32. The number of carboxylic acids is 1. The third-order valence-corrected chi connectivity index (χ3v) is 3.48. The van der Waals surface area contributed by atoms with Gasteiger partial charge in [0.2, 0.25) is 0 Å². The SMILES string of the molecule is Cc1[nH]n(-c2ccc(OC(F)(F)F)cc2)c(=O)c1C(O)(C(=O)O)C(F)(F)F. The van der Waals surface area contributed by atoms with Crippen LogP contribution in [0.1, 0.15) is 11.3 Å². The molecule has 0 amide bonds. The molecule has 0 saturated heterocycles. The van der Waals surface area contributed by atoms with Crippen LogP contribution in [0.2, 0.25) is 0 Å². The van der Waals surface area contributed by atoms with Gasteiger partial charge in [-0.15, -0.1) is 13.2 Å². The molecule has 0 aliphatic rings. The van der Waals surface area contributed by atoms with Crippen LogP contribution >= 0.6 is 0 Å². The van der Waals surface area contributed by atoms with Gasteiger partial charge in [-0.1, -0.05) is 0 Å². The molecule has 0 fully saturated rings. The van der Waals surface area contributed by atoms with Crippen molar-refractivity contribution in [1.29, 1.82) is 0 Å². The molecular formula is C14H10F6N2O5. The van der Waals surface area contributed by atoms with E-state index in [-0.39, 0.29) is 5.69 Å². The lowest BCUT2D eigenvalue weighted by Crippen LogP contribution is -2.52. The highest BCUT2D eigenvalue weighted by Crippen LogP contribution is 2.39. The first-order valence-corrected chi connectivity index (χ1v) is 6.89. The molecule has 0 aliphatic carbocycles. The van der Waals surface area contributed by atoms with Crippen LogP contribution in [-0.2, 0) is 10.4 Å². The number of halogens is 6. The fourth-order valence-electron chi connectivity index (χ4n) is 2.32. The second kappa shape index (κ2) is 6.33. The van der Waals surface area contributed by atoms with Gasteiger partial charge in [0.1, 0.15) is 5.75 Å². The molecule has 0 aliphatic heterocycles. The molecular weight excluding hydrogens is 390 g/mol. The van der Waals surface area contributed by atoms with Gasteiger partial charge in [-0.25, -0.2) is 9.48 Å². The number of H-pyrrole nitrogens is 1. The molecule has 1 heterocycles. The number of aromatic amines is 1. The van der Waals surface area contributed by atoms with E-state index in [4.69, 9.17) is 5.11 Å². The zero-order valence-electron chi connectivity index (χ0n) is 13.1. The van der Waals surface area contributed by atoms with E-state index < -0.39 is 46.7 Å². The molecule has 1 atom stereocenters. The Morgan fingerprint density at radius 1 is 1.11 bits per heavy atom. The number of carboxylic acid groups (broad SMARTS) is 1. The number of nitrogens with zero attached hydrogens (tertiary/aromatic N) is 1. The van der Waals surface area contributed by atoms with Gasteiger partial charge >= 0.3 is 18.5 Å². The van der Waals surface area contributed by atoms with Crippen LogP contribution in [0, 0.1) is 6.92 Å². The largest absolute Gasteiger partial charge is 0.573 e. The molecule has 2 aromatic rings. The van der Waals surface area contributed by atoms with Gasteiger partial charge in [-0.3, -0.25) is 9.89 Å². The van der Waals surface area contributed by atoms with Crippen molar-refractivity contribution in [3.8, 4) is 11.4 Å². The van der Waals surface area contributed by atoms with Gasteiger partial charge in [-0.05, 0) is 31.2 Å². The van der Waals surface area contributed by atoms with Crippen molar-refractivity contribution in [2.45, 2.75) is 25.1 Å². The van der Waals surface area contributed by atoms with Gasteiger partial charge in [0, 0.05) is 5.69 Å². The quantitative estimate of drug-likeness (QED) is 0.683. The molecule has 0 spiro atoms. The minimum Gasteiger partial charge on any atom is -0.479 e. The van der Waals surface area contributed by atoms with E-state index in [1.54, 1.807) is 0 Å². The zero-order chi connectivity index (χ0) is 20.8. The van der Waals surface area contributed by atoms with Gasteiger partial charge in [0.05, 0.1) is 11.3 Å². The number of aryl methyl sites for hydroxylation is 1. The molecule has 3 N–H and O–H groups in total. The van der Waals surface area contributed by atoms with Crippen molar-refractivity contribution in [2.75, 3.05) is 0 Å². The van der Waals surface area contributed by atoms with E-state index in [0.29, 0.717) is 4.68 Å². The number of alkyl halides is 6. The van der Waals surface area contributed by atoms with Crippen LogP contribution in [0.3, 0.4) is 0 Å². The minimum atomic E-state index is -5.72. The van der Waals surface area contributed by atoms with Crippen molar-refractivity contribution in [2.24, 2.45) is 0 Å². The van der Waals surface area contributed by atoms with Crippen molar-refractivity contribution in [3.63, 3.8) is 0 Å². The molecule has 0 radical (unpaired) electrons. The maximum atomic E-state index is 13.1. The minimum absolute atomic E-state index is 0.223. The summed E-state index contributed by atoms with van der Waals surface area (Å²) in [6.45, 7) is 0.925. The van der Waals surface area contributed by atoms with E-state index in [9.17, 15) is 41.0 Å². The number of aliphatic hydroxyl groups is 1. The highest BCUT2D eigenvalue weighted by atomic mass is 19.4. The van der Waals surface area contributed by atoms with Crippen LogP contribution in [-0.4, -0.2) is 38.5 Å². The smallest absolute Gasteiger partial charge is 0.479 e. The van der Waals surface area contributed by atoms with E-state index in [1.807, 2.05) is 0 Å². The lowest BCUT2D eigenvalue weighted by Gasteiger charge is -2.24. The number of ether oxygens (including phenoxy) is 1. The van der Waals surface area contributed by atoms with Crippen molar-refractivity contribution in [3.05, 3.63) is 45.9 Å². The van der Waals surface area contributed by atoms with Gasteiger partial charge < -0.3 is 14.9 Å². The van der Waals surface area contributed by atoms with Crippen molar-refractivity contribution < 1.29 is 46.1 Å². The lowest BCUT2D eigenvalue weighted by atomic mass is 9.93. The maximum Gasteiger partial charge on any atom is 0.573 e. The Balaban J connectivity index is 2.56. The lowest BCUT2D eigenvalue weighted by molar-refractivity contribution is -0.274. The number of aliphatic carboxylic acids is 1. The molecule has 7 nitrogen and oxygen atoms in total. The molecule has 27 heavy (non-hydrogen) atoms. The van der Waals surface area contributed by atoms with Crippen molar-refractivity contribution in [1.82, 2.24) is 9.78 Å². The van der Waals surface area contributed by atoms with Crippen LogP contribution in [0.5, 0.6) is 5.75 Å². The van der Waals surface area contributed by atoms with E-state index in [1.165, 1.54) is 0 Å². The molecule has 0 saturated carbocycles. The van der Waals surface area contributed by atoms with Crippen LogP contribution in [0.4, 0.5) is 26.3 Å². The fourth-order valence-corrected chi connectivity index (χ4v) is 2.32. The Bertz CT molecular complexity index is 912. The molecule has 1 aromatic carbocycles. The summed E-state index contributed by atoms with van der Waals surface area (Å²) in [5, 5.41) is 20.7. The molecule has 0 bridgehead atoms. The number of hydrogen-bond acceptors (Lipinski definition) is 4. The summed E-state index contributed by atoms with van der Waals surface area (Å²) in [6.07, 6.45) is -10.7. The van der Waals surface area contributed by atoms with Gasteiger partial charge in [0.25, 0.3) is 11.2 Å². The number of hydrogen-bond donors (Lipinski definition) is 3. The first-order valence-electron chi connectivity index (χ1n) is 6.89. The standard InChI is InChI=1S/C14H10F6N2O5/c1-6-9(12(26,11(24)25)13(15,16)17)10(23)22(21-6)7-2-4-8(5-3-7)27-14(18,19)20/h2-5,21,26H,1H3,(H,24,25). The Labute approximate surface area is 145 Å². The Morgan fingerprint density at radius 2 is 1.63 bits per heavy atom. The average molecular weight is 400 g/mol. The number of benzene rings is 1. The predicted octanol–water partition coefficient (Wildman–Crippen LogP) is 2.21. The second-order valence-electron chi connectivity index (χ2n) is 5.31. The molecule has 148 valence electrons.